The number of benzene rings is 2. The van der Waals surface area contributed by atoms with E-state index in [1.54, 1.807) is 35.7 Å². The predicted octanol–water partition coefficient (Wildman–Crippen LogP) is 4.50. The van der Waals surface area contributed by atoms with Crippen LogP contribution in [-0.2, 0) is 0 Å². The van der Waals surface area contributed by atoms with E-state index in [0.29, 0.717) is 33.2 Å². The van der Waals surface area contributed by atoms with E-state index in [1.807, 2.05) is 0 Å². The number of nitrogens with zero attached hydrogens (tertiary/aromatic N) is 3. The van der Waals surface area contributed by atoms with Crippen LogP contribution in [0.2, 0.25) is 0 Å². The Morgan fingerprint density at radius 2 is 2.19 bits per heavy atom. The third-order valence-corrected chi connectivity index (χ3v) is 4.60. The quantitative estimate of drug-likeness (QED) is 0.397. The molecule has 0 amide bonds. The summed E-state index contributed by atoms with van der Waals surface area (Å²) in [5.41, 5.74) is 2.16. The zero-order valence-corrected chi connectivity index (χ0v) is 14.9. The Bertz CT molecular complexity index is 1080. The van der Waals surface area contributed by atoms with Gasteiger partial charge in [-0.3, -0.25) is 10.1 Å². The molecular formula is C19H13N3O4S. The fraction of sp³-hybridized carbons (Fsp3) is 0.0526. The molecule has 1 heterocycles. The van der Waals surface area contributed by atoms with Crippen LogP contribution in [0.3, 0.4) is 0 Å². The van der Waals surface area contributed by atoms with Crippen molar-refractivity contribution in [2.45, 2.75) is 0 Å². The number of aromatic hydroxyl groups is 1. The Labute approximate surface area is 158 Å². The Morgan fingerprint density at radius 3 is 2.89 bits per heavy atom. The largest absolute Gasteiger partial charge is 0.504 e. The van der Waals surface area contributed by atoms with Crippen molar-refractivity contribution in [1.29, 1.82) is 5.26 Å². The van der Waals surface area contributed by atoms with Crippen LogP contribution in [0.4, 0.5) is 5.69 Å². The van der Waals surface area contributed by atoms with Gasteiger partial charge in [-0.25, -0.2) is 4.98 Å². The lowest BCUT2D eigenvalue weighted by molar-refractivity contribution is -0.384. The highest BCUT2D eigenvalue weighted by molar-refractivity contribution is 7.11. The average molecular weight is 379 g/mol. The number of non-ortho nitro benzene ring substituents is 1. The van der Waals surface area contributed by atoms with Gasteiger partial charge in [-0.2, -0.15) is 5.26 Å². The molecule has 0 aliphatic carbocycles. The van der Waals surface area contributed by atoms with Crippen LogP contribution in [-0.4, -0.2) is 22.1 Å². The number of nitro benzene ring substituents is 1. The minimum absolute atomic E-state index is 0.00960. The number of ether oxygens (including phenoxy) is 1. The highest BCUT2D eigenvalue weighted by Gasteiger charge is 2.12. The zero-order valence-electron chi connectivity index (χ0n) is 14.1. The normalized spacial score (nSPS) is 11.0. The second-order valence-electron chi connectivity index (χ2n) is 5.45. The van der Waals surface area contributed by atoms with Gasteiger partial charge in [0.25, 0.3) is 5.69 Å². The van der Waals surface area contributed by atoms with Crippen LogP contribution in [0.25, 0.3) is 22.9 Å². The maximum atomic E-state index is 10.9. The molecule has 134 valence electrons. The number of nitro groups is 1. The molecule has 1 N–H and O–H groups in total. The molecule has 0 bridgehead atoms. The van der Waals surface area contributed by atoms with Gasteiger partial charge in [0.2, 0.25) is 0 Å². The highest BCUT2D eigenvalue weighted by Crippen LogP contribution is 2.31. The lowest BCUT2D eigenvalue weighted by atomic mass is 10.1. The zero-order chi connectivity index (χ0) is 19.4. The van der Waals surface area contributed by atoms with Crippen LogP contribution in [0.15, 0.2) is 47.8 Å². The SMILES string of the molecule is COc1cc(/C=C(/C#N)c2nc(-c3cccc([N+](=O)[O-])c3)cs2)ccc1O. The van der Waals surface area contributed by atoms with E-state index in [0.717, 1.165) is 0 Å². The number of thiazole rings is 1. The van der Waals surface area contributed by atoms with Gasteiger partial charge in [-0.1, -0.05) is 18.2 Å². The number of rotatable bonds is 5. The Morgan fingerprint density at radius 1 is 1.37 bits per heavy atom. The van der Waals surface area contributed by atoms with Crippen LogP contribution >= 0.6 is 11.3 Å². The third kappa shape index (κ3) is 3.94. The van der Waals surface area contributed by atoms with Gasteiger partial charge in [0.1, 0.15) is 11.1 Å². The number of methoxy groups -OCH3 is 1. The standard InChI is InChI=1S/C19H13N3O4S/c1-26-18-8-12(5-6-17(18)23)7-14(10-20)19-21-16(11-27-19)13-3-2-4-15(9-13)22(24)25/h2-9,11,23H,1H3/b14-7-. The molecule has 0 saturated heterocycles. The molecule has 0 saturated carbocycles. The Kier molecular flexibility index (Phi) is 5.15. The molecule has 27 heavy (non-hydrogen) atoms. The van der Waals surface area contributed by atoms with Crippen molar-refractivity contribution in [2.24, 2.45) is 0 Å². The lowest BCUT2D eigenvalue weighted by Gasteiger charge is -2.04. The van der Waals surface area contributed by atoms with Gasteiger partial charge < -0.3 is 9.84 Å². The second kappa shape index (κ2) is 7.68. The number of allylic oxidation sites excluding steroid dienone is 1. The maximum absolute atomic E-state index is 10.9. The summed E-state index contributed by atoms with van der Waals surface area (Å²) in [7, 11) is 1.44. The number of hydrogen-bond donors (Lipinski definition) is 1. The first-order chi connectivity index (χ1) is 13.0. The summed E-state index contributed by atoms with van der Waals surface area (Å²) in [4.78, 5) is 14.9. The smallest absolute Gasteiger partial charge is 0.270 e. The van der Waals surface area contributed by atoms with Gasteiger partial charge in [0, 0.05) is 23.1 Å². The summed E-state index contributed by atoms with van der Waals surface area (Å²) < 4.78 is 5.07. The first-order valence-electron chi connectivity index (χ1n) is 7.71. The molecule has 0 unspecified atom stereocenters. The average Bonchev–Trinajstić information content (AvgIpc) is 3.17. The Balaban J connectivity index is 1.95. The summed E-state index contributed by atoms with van der Waals surface area (Å²) in [6, 6.07) is 13.0. The summed E-state index contributed by atoms with van der Waals surface area (Å²) in [5.74, 6) is 0.313. The number of hydrogen-bond acceptors (Lipinski definition) is 7. The fourth-order valence-corrected chi connectivity index (χ4v) is 3.20. The molecular weight excluding hydrogens is 366 g/mol. The third-order valence-electron chi connectivity index (χ3n) is 3.72. The van der Waals surface area contributed by atoms with E-state index in [4.69, 9.17) is 4.74 Å². The molecule has 0 radical (unpaired) electrons. The predicted molar refractivity (Wildman–Crippen MR) is 102 cm³/mol. The number of nitriles is 1. The van der Waals surface area contributed by atoms with E-state index < -0.39 is 4.92 Å². The highest BCUT2D eigenvalue weighted by atomic mass is 32.1. The molecule has 7 nitrogen and oxygen atoms in total. The van der Waals surface area contributed by atoms with Crippen LogP contribution in [0, 0.1) is 21.4 Å². The fourth-order valence-electron chi connectivity index (χ4n) is 2.40. The molecule has 3 aromatic rings. The summed E-state index contributed by atoms with van der Waals surface area (Å²) in [6.07, 6.45) is 1.64. The van der Waals surface area contributed by atoms with Gasteiger partial charge in [0.15, 0.2) is 11.5 Å². The van der Waals surface area contributed by atoms with Crippen molar-refractivity contribution in [3.63, 3.8) is 0 Å². The second-order valence-corrected chi connectivity index (χ2v) is 6.30. The van der Waals surface area contributed by atoms with Gasteiger partial charge in [-0.15, -0.1) is 11.3 Å². The summed E-state index contributed by atoms with van der Waals surface area (Å²) >= 11 is 1.27. The first-order valence-corrected chi connectivity index (χ1v) is 8.59. The number of phenols is 1. The van der Waals surface area contributed by atoms with Crippen molar-refractivity contribution >= 4 is 28.7 Å². The topological polar surface area (TPSA) is 109 Å². The molecule has 8 heteroatoms. The van der Waals surface area contributed by atoms with E-state index in [-0.39, 0.29) is 11.4 Å². The van der Waals surface area contributed by atoms with Crippen LogP contribution in [0.1, 0.15) is 10.6 Å². The van der Waals surface area contributed by atoms with Crippen molar-refractivity contribution < 1.29 is 14.8 Å². The van der Waals surface area contributed by atoms with Crippen molar-refractivity contribution in [2.75, 3.05) is 7.11 Å². The van der Waals surface area contributed by atoms with Gasteiger partial charge >= 0.3 is 0 Å². The minimum atomic E-state index is -0.463. The minimum Gasteiger partial charge on any atom is -0.504 e. The van der Waals surface area contributed by atoms with Crippen molar-refractivity contribution in [3.05, 3.63) is 68.5 Å². The van der Waals surface area contributed by atoms with Crippen molar-refractivity contribution in [3.8, 4) is 28.8 Å². The Hall–Kier alpha value is -3.70. The van der Waals surface area contributed by atoms with Crippen LogP contribution in [0.5, 0.6) is 11.5 Å². The molecule has 0 atom stereocenters. The van der Waals surface area contributed by atoms with E-state index >= 15 is 0 Å². The van der Waals surface area contributed by atoms with E-state index in [1.165, 1.54) is 36.6 Å². The molecule has 0 fully saturated rings. The molecule has 1 aromatic heterocycles. The van der Waals surface area contributed by atoms with Gasteiger partial charge in [-0.05, 0) is 23.8 Å². The first kappa shape index (κ1) is 18.1. The molecule has 3 rings (SSSR count). The summed E-state index contributed by atoms with van der Waals surface area (Å²) in [6.45, 7) is 0. The molecule has 0 spiro atoms. The van der Waals surface area contributed by atoms with Crippen molar-refractivity contribution in [1.82, 2.24) is 4.98 Å². The van der Waals surface area contributed by atoms with E-state index in [2.05, 4.69) is 11.1 Å². The molecule has 2 aromatic carbocycles. The van der Waals surface area contributed by atoms with E-state index in [9.17, 15) is 20.5 Å². The maximum Gasteiger partial charge on any atom is 0.270 e. The summed E-state index contributed by atoms with van der Waals surface area (Å²) in [5, 5.41) is 32.3. The number of aromatic nitrogens is 1. The lowest BCUT2D eigenvalue weighted by Crippen LogP contribution is -1.88. The molecule has 0 aliphatic heterocycles. The number of phenolic OH excluding ortho intramolecular Hbond substituents is 1. The monoisotopic (exact) mass is 379 g/mol. The van der Waals surface area contributed by atoms with Crippen LogP contribution < -0.4 is 4.74 Å². The molecule has 0 aliphatic rings. The van der Waals surface area contributed by atoms with Gasteiger partial charge in [0.05, 0.1) is 23.3 Å².